The number of nitrogens with zero attached hydrogens (tertiary/aromatic N) is 1. The maximum Gasteiger partial charge on any atom is 0.415 e. The molecule has 8 heteroatoms. The van der Waals surface area contributed by atoms with Crippen LogP contribution in [0.1, 0.15) is 29.8 Å². The Morgan fingerprint density at radius 2 is 1.58 bits per heavy atom. The fraction of sp³-hybridized carbons (Fsp3) is 0.300. The highest BCUT2D eigenvalue weighted by Gasteiger charge is 2.40. The van der Waals surface area contributed by atoms with Crippen LogP contribution in [-0.2, 0) is 11.2 Å². The lowest BCUT2D eigenvalue weighted by molar-refractivity contribution is -0.130. The van der Waals surface area contributed by atoms with E-state index in [9.17, 15) is 14.4 Å². The van der Waals surface area contributed by atoms with Crippen LogP contribution in [0.25, 0.3) is 0 Å². The number of hydrogen-bond acceptors (Lipinski definition) is 6. The molecule has 198 valence electrons. The zero-order valence-electron chi connectivity index (χ0n) is 21.8. The highest BCUT2D eigenvalue weighted by Crippen LogP contribution is 2.32. The second-order valence-corrected chi connectivity index (χ2v) is 10.7. The van der Waals surface area contributed by atoms with Crippen molar-refractivity contribution in [2.75, 3.05) is 19.3 Å². The molecule has 1 heterocycles. The minimum Gasteiger partial charge on any atom is -0.478 e. The van der Waals surface area contributed by atoms with E-state index in [-0.39, 0.29) is 24.2 Å². The van der Waals surface area contributed by atoms with Crippen LogP contribution in [0.4, 0.5) is 4.79 Å². The van der Waals surface area contributed by atoms with Gasteiger partial charge in [0.05, 0.1) is 0 Å². The van der Waals surface area contributed by atoms with Crippen LogP contribution in [-0.4, -0.2) is 47.6 Å². The number of ether oxygens (including phenoxy) is 2. The third kappa shape index (κ3) is 6.55. The van der Waals surface area contributed by atoms with Gasteiger partial charge < -0.3 is 20.1 Å². The summed E-state index contributed by atoms with van der Waals surface area (Å²) < 4.78 is 11.3. The standard InChI is InChI=1S/C30H32N2O5S/c1-30(2,28(31)34)37-24-13-9-20(10-14-24)17-22-18-32(29(35)36-23-7-5-4-6-8-23)19-26(22)27(33)21-11-15-25(38-3)16-12-21/h4-16,22,26H,17-19H2,1-3H3,(H2,31,34)/t22-,26-/m0/s1. The molecule has 2 atom stereocenters. The number of para-hydroxylation sites is 1. The average molecular weight is 533 g/mol. The van der Waals surface area contributed by atoms with Crippen LogP contribution in [0.15, 0.2) is 83.8 Å². The van der Waals surface area contributed by atoms with Crippen LogP contribution >= 0.6 is 11.8 Å². The number of ketones is 1. The lowest BCUT2D eigenvalue weighted by atomic mass is 9.84. The van der Waals surface area contributed by atoms with Crippen molar-refractivity contribution < 1.29 is 23.9 Å². The SMILES string of the molecule is CSc1ccc(C(=O)[C@H]2CN(C(=O)Oc3ccccc3)C[C@@H]2Cc2ccc(OC(C)(C)C(N)=O)cc2)cc1. The summed E-state index contributed by atoms with van der Waals surface area (Å²) in [6, 6.07) is 23.9. The second kappa shape index (κ2) is 11.7. The van der Waals surface area contributed by atoms with E-state index in [1.807, 2.05) is 48.7 Å². The first-order valence-corrected chi connectivity index (χ1v) is 13.7. The number of likely N-dealkylation sites (tertiary alicyclic amines) is 1. The number of benzene rings is 3. The van der Waals surface area contributed by atoms with Crippen molar-refractivity contribution in [3.8, 4) is 11.5 Å². The number of nitrogens with two attached hydrogens (primary N) is 1. The van der Waals surface area contributed by atoms with Gasteiger partial charge in [0.2, 0.25) is 0 Å². The average Bonchev–Trinajstić information content (AvgIpc) is 3.33. The molecule has 1 aliphatic heterocycles. The minimum absolute atomic E-state index is 0.0147. The number of carbonyl (C=O) groups is 3. The van der Waals surface area contributed by atoms with Crippen LogP contribution in [0, 0.1) is 11.8 Å². The molecule has 1 fully saturated rings. The molecule has 2 amide bonds. The van der Waals surface area contributed by atoms with Gasteiger partial charge in [0.15, 0.2) is 11.4 Å². The summed E-state index contributed by atoms with van der Waals surface area (Å²) in [6.45, 7) is 3.92. The van der Waals surface area contributed by atoms with Gasteiger partial charge in [-0.2, -0.15) is 0 Å². The molecule has 3 aromatic rings. The number of primary amides is 1. The summed E-state index contributed by atoms with van der Waals surface area (Å²) >= 11 is 1.62. The van der Waals surface area contributed by atoms with Gasteiger partial charge in [0, 0.05) is 29.5 Å². The molecule has 0 aliphatic carbocycles. The summed E-state index contributed by atoms with van der Waals surface area (Å²) in [7, 11) is 0. The third-order valence-corrected chi connectivity index (χ3v) is 7.49. The maximum atomic E-state index is 13.6. The molecule has 0 bridgehead atoms. The molecule has 0 unspecified atom stereocenters. The van der Waals surface area contributed by atoms with E-state index < -0.39 is 17.6 Å². The van der Waals surface area contributed by atoms with Crippen molar-refractivity contribution in [1.29, 1.82) is 0 Å². The predicted molar refractivity (Wildman–Crippen MR) is 148 cm³/mol. The van der Waals surface area contributed by atoms with Crippen LogP contribution in [0.3, 0.4) is 0 Å². The maximum absolute atomic E-state index is 13.6. The fourth-order valence-electron chi connectivity index (χ4n) is 4.49. The Balaban J connectivity index is 1.52. The monoisotopic (exact) mass is 532 g/mol. The van der Waals surface area contributed by atoms with Gasteiger partial charge in [0.25, 0.3) is 5.91 Å². The Labute approximate surface area is 227 Å². The molecule has 7 nitrogen and oxygen atoms in total. The Morgan fingerprint density at radius 3 is 2.18 bits per heavy atom. The van der Waals surface area contributed by atoms with Gasteiger partial charge in [-0.1, -0.05) is 42.5 Å². The molecule has 1 saturated heterocycles. The van der Waals surface area contributed by atoms with Crippen molar-refractivity contribution in [3.63, 3.8) is 0 Å². The molecule has 0 radical (unpaired) electrons. The Kier molecular flexibility index (Phi) is 8.42. The van der Waals surface area contributed by atoms with Crippen molar-refractivity contribution in [3.05, 3.63) is 90.0 Å². The first kappa shape index (κ1) is 27.3. The zero-order valence-corrected chi connectivity index (χ0v) is 22.6. The van der Waals surface area contributed by atoms with E-state index in [0.29, 0.717) is 30.0 Å². The Bertz CT molecular complexity index is 1280. The van der Waals surface area contributed by atoms with Gasteiger partial charge in [-0.15, -0.1) is 11.8 Å². The zero-order chi connectivity index (χ0) is 27.3. The molecular weight excluding hydrogens is 500 g/mol. The molecular formula is C30H32N2O5S. The summed E-state index contributed by atoms with van der Waals surface area (Å²) in [5.74, 6) is -0.0182. The largest absolute Gasteiger partial charge is 0.478 e. The number of amides is 2. The Hall–Kier alpha value is -3.78. The van der Waals surface area contributed by atoms with Gasteiger partial charge in [-0.25, -0.2) is 4.79 Å². The lowest BCUT2D eigenvalue weighted by Crippen LogP contribution is -2.43. The highest BCUT2D eigenvalue weighted by atomic mass is 32.2. The van der Waals surface area contributed by atoms with E-state index in [1.165, 1.54) is 0 Å². The molecule has 3 aromatic carbocycles. The smallest absolute Gasteiger partial charge is 0.415 e. The summed E-state index contributed by atoms with van der Waals surface area (Å²) in [5.41, 5.74) is 5.91. The number of carbonyl (C=O) groups excluding carboxylic acids is 3. The van der Waals surface area contributed by atoms with Gasteiger partial charge in [-0.3, -0.25) is 9.59 Å². The normalized spacial score (nSPS) is 17.2. The van der Waals surface area contributed by atoms with E-state index >= 15 is 0 Å². The number of Topliss-reactive ketones (excluding diaryl/α,β-unsaturated/α-hetero) is 1. The first-order chi connectivity index (χ1) is 18.2. The van der Waals surface area contributed by atoms with E-state index in [2.05, 4.69) is 0 Å². The number of thioether (sulfide) groups is 1. The molecule has 2 N–H and O–H groups in total. The first-order valence-electron chi connectivity index (χ1n) is 12.4. The third-order valence-electron chi connectivity index (χ3n) is 6.75. The van der Waals surface area contributed by atoms with Crippen molar-refractivity contribution >= 4 is 29.5 Å². The number of rotatable bonds is 9. The Morgan fingerprint density at radius 1 is 0.921 bits per heavy atom. The van der Waals surface area contributed by atoms with Crippen LogP contribution < -0.4 is 15.2 Å². The number of hydrogen-bond donors (Lipinski definition) is 1. The van der Waals surface area contributed by atoms with E-state index in [4.69, 9.17) is 15.2 Å². The predicted octanol–water partition coefficient (Wildman–Crippen LogP) is 5.22. The van der Waals surface area contributed by atoms with Gasteiger partial charge >= 0.3 is 6.09 Å². The van der Waals surface area contributed by atoms with Gasteiger partial charge in [0.1, 0.15) is 11.5 Å². The summed E-state index contributed by atoms with van der Waals surface area (Å²) in [4.78, 5) is 40.9. The molecule has 1 aliphatic rings. The van der Waals surface area contributed by atoms with Crippen LogP contribution in [0.2, 0.25) is 0 Å². The van der Waals surface area contributed by atoms with Crippen molar-refractivity contribution in [1.82, 2.24) is 4.90 Å². The van der Waals surface area contributed by atoms with Crippen LogP contribution in [0.5, 0.6) is 11.5 Å². The topological polar surface area (TPSA) is 98.9 Å². The molecule has 0 saturated carbocycles. The minimum atomic E-state index is -1.13. The van der Waals surface area contributed by atoms with Crippen molar-refractivity contribution in [2.45, 2.75) is 30.8 Å². The highest BCUT2D eigenvalue weighted by molar-refractivity contribution is 7.98. The lowest BCUT2D eigenvalue weighted by Gasteiger charge is -2.23. The quantitative estimate of drug-likeness (QED) is 0.300. The molecule has 4 rings (SSSR count). The molecule has 0 spiro atoms. The van der Waals surface area contributed by atoms with E-state index in [0.717, 1.165) is 10.5 Å². The summed E-state index contributed by atoms with van der Waals surface area (Å²) in [6.07, 6.45) is 2.12. The summed E-state index contributed by atoms with van der Waals surface area (Å²) in [5, 5.41) is 0. The van der Waals surface area contributed by atoms with E-state index in [1.54, 1.807) is 66.9 Å². The molecule has 38 heavy (non-hydrogen) atoms. The van der Waals surface area contributed by atoms with Crippen molar-refractivity contribution in [2.24, 2.45) is 17.6 Å². The second-order valence-electron chi connectivity index (χ2n) is 9.87. The molecule has 0 aromatic heterocycles. The fourth-order valence-corrected chi connectivity index (χ4v) is 4.90. The van der Waals surface area contributed by atoms with Gasteiger partial charge in [-0.05, 0) is 74.4 Å².